The molecule has 2 N–H and O–H groups in total. The van der Waals surface area contributed by atoms with Crippen molar-refractivity contribution in [3.63, 3.8) is 0 Å². The lowest BCUT2D eigenvalue weighted by Crippen LogP contribution is -2.35. The van der Waals surface area contributed by atoms with Gasteiger partial charge in [0.05, 0.1) is 17.1 Å². The van der Waals surface area contributed by atoms with Crippen molar-refractivity contribution < 1.29 is 4.79 Å². The summed E-state index contributed by atoms with van der Waals surface area (Å²) in [4.78, 5) is 25.7. The number of aromatic amines is 1. The highest BCUT2D eigenvalue weighted by atomic mass is 32.1. The molecule has 5 rings (SSSR count). The zero-order valence-corrected chi connectivity index (χ0v) is 17.2. The summed E-state index contributed by atoms with van der Waals surface area (Å²) in [6, 6.07) is 6.08. The summed E-state index contributed by atoms with van der Waals surface area (Å²) in [5, 5.41) is 12.7. The van der Waals surface area contributed by atoms with Gasteiger partial charge in [-0.05, 0) is 49.9 Å². The molecule has 0 spiro atoms. The van der Waals surface area contributed by atoms with Gasteiger partial charge in [0.15, 0.2) is 0 Å². The van der Waals surface area contributed by atoms with Crippen molar-refractivity contribution in [3.8, 4) is 0 Å². The second-order valence-corrected chi connectivity index (χ2v) is 8.58. The predicted octanol–water partition coefficient (Wildman–Crippen LogP) is 3.89. The molecule has 1 amide bonds. The molecule has 3 aromatic heterocycles. The Balaban J connectivity index is 1.49. The highest BCUT2D eigenvalue weighted by molar-refractivity contribution is 7.19. The van der Waals surface area contributed by atoms with Gasteiger partial charge in [0, 0.05) is 35.5 Å². The first-order valence-electron chi connectivity index (χ1n) is 9.84. The van der Waals surface area contributed by atoms with Crippen molar-refractivity contribution in [2.24, 2.45) is 5.92 Å². The molecule has 0 saturated carbocycles. The molecule has 0 aliphatic heterocycles. The molecule has 1 atom stereocenters. The number of anilines is 2. The monoisotopic (exact) mass is 406 g/mol. The van der Waals surface area contributed by atoms with Gasteiger partial charge in [-0.2, -0.15) is 5.10 Å². The van der Waals surface area contributed by atoms with Gasteiger partial charge in [0.2, 0.25) is 5.91 Å². The van der Waals surface area contributed by atoms with Crippen LogP contribution >= 0.6 is 11.3 Å². The lowest BCUT2D eigenvalue weighted by atomic mass is 9.87. The molecule has 0 saturated heterocycles. The maximum atomic E-state index is 12.6. The minimum Gasteiger partial charge on any atom is -0.346 e. The Morgan fingerprint density at radius 2 is 2.28 bits per heavy atom. The van der Waals surface area contributed by atoms with E-state index in [2.05, 4.69) is 31.5 Å². The van der Waals surface area contributed by atoms with Crippen molar-refractivity contribution in [2.45, 2.75) is 26.2 Å². The normalized spacial score (nSPS) is 16.1. The largest absolute Gasteiger partial charge is 0.346 e. The van der Waals surface area contributed by atoms with E-state index < -0.39 is 0 Å². The third-order valence-corrected chi connectivity index (χ3v) is 6.91. The van der Waals surface area contributed by atoms with Crippen LogP contribution in [0.5, 0.6) is 0 Å². The quantitative estimate of drug-likeness (QED) is 0.537. The number of carbonyl (C=O) groups is 1. The summed E-state index contributed by atoms with van der Waals surface area (Å²) < 4.78 is 0. The van der Waals surface area contributed by atoms with E-state index in [9.17, 15) is 4.79 Å². The van der Waals surface area contributed by atoms with Crippen LogP contribution < -0.4 is 5.32 Å². The molecule has 0 fully saturated rings. The van der Waals surface area contributed by atoms with Gasteiger partial charge in [-0.25, -0.2) is 9.97 Å². The predicted molar refractivity (Wildman–Crippen MR) is 116 cm³/mol. The Bertz CT molecular complexity index is 1210. The van der Waals surface area contributed by atoms with Gasteiger partial charge in [-0.3, -0.25) is 9.89 Å². The van der Waals surface area contributed by atoms with E-state index in [1.165, 1.54) is 10.4 Å². The molecule has 4 aromatic rings. The Labute approximate surface area is 172 Å². The minimum atomic E-state index is 0.0633. The fourth-order valence-electron chi connectivity index (χ4n) is 4.04. The van der Waals surface area contributed by atoms with Gasteiger partial charge in [-0.15, -0.1) is 11.3 Å². The third-order valence-electron chi connectivity index (χ3n) is 5.75. The summed E-state index contributed by atoms with van der Waals surface area (Å²) in [6.07, 6.45) is 5.97. The Morgan fingerprint density at radius 1 is 1.38 bits per heavy atom. The Morgan fingerprint density at radius 3 is 3.14 bits per heavy atom. The average Bonchev–Trinajstić information content (AvgIpc) is 3.36. The number of nitrogens with one attached hydrogen (secondary N) is 2. The third kappa shape index (κ3) is 3.13. The summed E-state index contributed by atoms with van der Waals surface area (Å²) in [7, 11) is 1.88. The van der Waals surface area contributed by atoms with Crippen LogP contribution in [0.1, 0.15) is 23.8 Å². The van der Waals surface area contributed by atoms with Gasteiger partial charge < -0.3 is 10.2 Å². The van der Waals surface area contributed by atoms with E-state index in [1.807, 2.05) is 37.2 Å². The summed E-state index contributed by atoms with van der Waals surface area (Å²) in [6.45, 7) is 2.76. The second-order valence-electron chi connectivity index (χ2n) is 7.50. The number of fused-ring (bicyclic) bond motifs is 4. The first-order valence-corrected chi connectivity index (χ1v) is 10.7. The van der Waals surface area contributed by atoms with E-state index in [4.69, 9.17) is 0 Å². The average molecular weight is 407 g/mol. The maximum absolute atomic E-state index is 12.6. The first-order chi connectivity index (χ1) is 14.1. The molecule has 0 bridgehead atoms. The molecular weight excluding hydrogens is 384 g/mol. The number of benzene rings is 1. The SMILES string of the molecule is CCN(C)C(=O)C1CCc2c(sc3ncnc(Nc4ccc5[nH]ncc5c4)c23)C1. The number of carbonyl (C=O) groups excluding carboxylic acids is 1. The van der Waals surface area contributed by atoms with Crippen LogP contribution in [0, 0.1) is 5.92 Å². The molecule has 1 aliphatic rings. The molecular formula is C21H22N6OS. The van der Waals surface area contributed by atoms with E-state index in [0.717, 1.165) is 58.4 Å². The number of aryl methyl sites for hydroxylation is 1. The van der Waals surface area contributed by atoms with Crippen LogP contribution in [0.3, 0.4) is 0 Å². The molecule has 1 unspecified atom stereocenters. The summed E-state index contributed by atoms with van der Waals surface area (Å²) in [5.41, 5.74) is 3.26. The first kappa shape index (κ1) is 18.1. The van der Waals surface area contributed by atoms with Crippen molar-refractivity contribution in [1.29, 1.82) is 0 Å². The van der Waals surface area contributed by atoms with Crippen LogP contribution in [0.15, 0.2) is 30.7 Å². The molecule has 1 aliphatic carbocycles. The van der Waals surface area contributed by atoms with Crippen molar-refractivity contribution >= 4 is 49.9 Å². The number of rotatable bonds is 4. The van der Waals surface area contributed by atoms with Crippen LogP contribution in [0.2, 0.25) is 0 Å². The Kier molecular flexibility index (Phi) is 4.43. The highest BCUT2D eigenvalue weighted by Gasteiger charge is 2.30. The van der Waals surface area contributed by atoms with E-state index in [1.54, 1.807) is 17.7 Å². The van der Waals surface area contributed by atoms with E-state index in [-0.39, 0.29) is 11.8 Å². The van der Waals surface area contributed by atoms with Gasteiger partial charge in [-0.1, -0.05) is 0 Å². The summed E-state index contributed by atoms with van der Waals surface area (Å²) in [5.74, 6) is 1.13. The smallest absolute Gasteiger partial charge is 0.225 e. The fraction of sp³-hybridized carbons (Fsp3) is 0.333. The molecule has 3 heterocycles. The number of hydrogen-bond acceptors (Lipinski definition) is 6. The number of thiophene rings is 1. The number of hydrogen-bond donors (Lipinski definition) is 2. The van der Waals surface area contributed by atoms with Crippen LogP contribution in [0.4, 0.5) is 11.5 Å². The topological polar surface area (TPSA) is 86.8 Å². The molecule has 7 nitrogen and oxygen atoms in total. The molecule has 148 valence electrons. The van der Waals surface area contributed by atoms with Crippen molar-refractivity contribution in [2.75, 3.05) is 18.9 Å². The van der Waals surface area contributed by atoms with Crippen LogP contribution in [0.25, 0.3) is 21.1 Å². The molecule has 0 radical (unpaired) electrons. The van der Waals surface area contributed by atoms with E-state index in [0.29, 0.717) is 0 Å². The number of nitrogens with zero attached hydrogens (tertiary/aromatic N) is 4. The maximum Gasteiger partial charge on any atom is 0.225 e. The van der Waals surface area contributed by atoms with Crippen LogP contribution in [-0.2, 0) is 17.6 Å². The van der Waals surface area contributed by atoms with Gasteiger partial charge in [0.25, 0.3) is 0 Å². The number of aromatic nitrogens is 4. The Hall–Kier alpha value is -3.00. The van der Waals surface area contributed by atoms with E-state index >= 15 is 0 Å². The van der Waals surface area contributed by atoms with Gasteiger partial charge >= 0.3 is 0 Å². The second kappa shape index (κ2) is 7.11. The number of H-pyrrole nitrogens is 1. The highest BCUT2D eigenvalue weighted by Crippen LogP contribution is 2.40. The lowest BCUT2D eigenvalue weighted by molar-refractivity contribution is -0.134. The zero-order valence-electron chi connectivity index (χ0n) is 16.4. The molecule has 8 heteroatoms. The lowest BCUT2D eigenvalue weighted by Gasteiger charge is -2.26. The standard InChI is InChI=1S/C21H22N6OS/c1-3-27(2)21(28)12-4-6-15-17(9-12)29-20-18(15)19(22-11-23-20)25-14-5-7-16-13(8-14)10-24-26-16/h5,7-8,10-12H,3-4,6,9H2,1-2H3,(H,24,26)(H,22,23,25). The summed E-state index contributed by atoms with van der Waals surface area (Å²) >= 11 is 1.69. The zero-order chi connectivity index (χ0) is 20.0. The molecule has 1 aromatic carbocycles. The van der Waals surface area contributed by atoms with Gasteiger partial charge in [0.1, 0.15) is 17.0 Å². The minimum absolute atomic E-state index is 0.0633. The molecule has 29 heavy (non-hydrogen) atoms. The fourth-order valence-corrected chi connectivity index (χ4v) is 5.31. The van der Waals surface area contributed by atoms with Crippen LogP contribution in [-0.4, -0.2) is 44.6 Å². The van der Waals surface area contributed by atoms with Crippen molar-refractivity contribution in [1.82, 2.24) is 25.1 Å². The van der Waals surface area contributed by atoms with Crippen molar-refractivity contribution in [3.05, 3.63) is 41.2 Å². The number of amides is 1.